The molecular weight excluding hydrogens is 214 g/mol. The minimum Gasteiger partial charge on any atom is -0.493 e. The third-order valence-electron chi connectivity index (χ3n) is 3.09. The molecule has 0 aromatic heterocycles. The number of hydrogen-bond donors (Lipinski definition) is 0. The highest BCUT2D eigenvalue weighted by atomic mass is 16.5. The first kappa shape index (κ1) is 12.0. The van der Waals surface area contributed by atoms with E-state index in [-0.39, 0.29) is 0 Å². The van der Waals surface area contributed by atoms with Gasteiger partial charge in [-0.3, -0.25) is 4.99 Å². The molecule has 0 atom stereocenters. The number of fused-ring (bicyclic) bond motifs is 1. The maximum atomic E-state index is 5.35. The molecule has 1 heterocycles. The van der Waals surface area contributed by atoms with Crippen molar-refractivity contribution in [3.8, 4) is 11.5 Å². The number of aliphatic imine (C=N–C) groups is 1. The van der Waals surface area contributed by atoms with Gasteiger partial charge in [-0.15, -0.1) is 0 Å². The molecule has 1 aliphatic heterocycles. The third-order valence-corrected chi connectivity index (χ3v) is 3.09. The molecule has 0 fully saturated rings. The topological polar surface area (TPSA) is 30.8 Å². The fourth-order valence-corrected chi connectivity index (χ4v) is 2.24. The summed E-state index contributed by atoms with van der Waals surface area (Å²) in [5.74, 6) is 1.60. The zero-order chi connectivity index (χ0) is 12.3. The summed E-state index contributed by atoms with van der Waals surface area (Å²) in [4.78, 5) is 4.61. The van der Waals surface area contributed by atoms with Gasteiger partial charge in [0, 0.05) is 17.8 Å². The SMILES string of the molecule is CCCC1=NCCc2cc(OC)c(OC)cc21. The molecule has 92 valence electrons. The Kier molecular flexibility index (Phi) is 3.67. The first-order chi connectivity index (χ1) is 8.30. The van der Waals surface area contributed by atoms with E-state index in [1.807, 2.05) is 0 Å². The number of hydrogen-bond acceptors (Lipinski definition) is 3. The lowest BCUT2D eigenvalue weighted by molar-refractivity contribution is 0.354. The highest BCUT2D eigenvalue weighted by Gasteiger charge is 2.17. The summed E-state index contributed by atoms with van der Waals surface area (Å²) in [6, 6.07) is 4.14. The van der Waals surface area contributed by atoms with E-state index in [1.165, 1.54) is 16.8 Å². The average molecular weight is 233 g/mol. The Morgan fingerprint density at radius 3 is 2.53 bits per heavy atom. The predicted octanol–water partition coefficient (Wildman–Crippen LogP) is 2.85. The molecule has 0 aliphatic carbocycles. The molecule has 0 N–H and O–H groups in total. The highest BCUT2D eigenvalue weighted by molar-refractivity contribution is 6.03. The second-order valence-corrected chi connectivity index (χ2v) is 4.19. The summed E-state index contributed by atoms with van der Waals surface area (Å²) >= 11 is 0. The van der Waals surface area contributed by atoms with Gasteiger partial charge in [0.05, 0.1) is 14.2 Å². The van der Waals surface area contributed by atoms with Crippen molar-refractivity contribution < 1.29 is 9.47 Å². The Labute approximate surface area is 102 Å². The Bertz CT molecular complexity index is 438. The van der Waals surface area contributed by atoms with Gasteiger partial charge in [-0.05, 0) is 30.5 Å². The van der Waals surface area contributed by atoms with E-state index in [1.54, 1.807) is 14.2 Å². The van der Waals surface area contributed by atoms with Gasteiger partial charge in [0.15, 0.2) is 11.5 Å². The molecule has 0 amide bonds. The van der Waals surface area contributed by atoms with Crippen LogP contribution < -0.4 is 9.47 Å². The predicted molar refractivity (Wildman–Crippen MR) is 69.6 cm³/mol. The molecule has 0 unspecified atom stereocenters. The van der Waals surface area contributed by atoms with Gasteiger partial charge in [-0.2, -0.15) is 0 Å². The second-order valence-electron chi connectivity index (χ2n) is 4.19. The molecule has 0 saturated heterocycles. The molecule has 2 rings (SSSR count). The molecule has 1 aromatic carbocycles. The molecule has 1 aromatic rings. The van der Waals surface area contributed by atoms with Crippen LogP contribution >= 0.6 is 0 Å². The number of rotatable bonds is 4. The van der Waals surface area contributed by atoms with Gasteiger partial charge in [0.25, 0.3) is 0 Å². The summed E-state index contributed by atoms with van der Waals surface area (Å²) in [6.07, 6.45) is 3.14. The first-order valence-corrected chi connectivity index (χ1v) is 6.08. The molecule has 0 bridgehead atoms. The number of methoxy groups -OCH3 is 2. The number of nitrogens with zero attached hydrogens (tertiary/aromatic N) is 1. The monoisotopic (exact) mass is 233 g/mol. The first-order valence-electron chi connectivity index (χ1n) is 6.08. The molecular formula is C14H19NO2. The van der Waals surface area contributed by atoms with E-state index in [2.05, 4.69) is 24.0 Å². The second kappa shape index (κ2) is 5.21. The molecule has 0 saturated carbocycles. The van der Waals surface area contributed by atoms with Crippen molar-refractivity contribution >= 4 is 5.71 Å². The van der Waals surface area contributed by atoms with Crippen LogP contribution in [0.1, 0.15) is 30.9 Å². The highest BCUT2D eigenvalue weighted by Crippen LogP contribution is 2.33. The van der Waals surface area contributed by atoms with Crippen molar-refractivity contribution in [3.05, 3.63) is 23.3 Å². The Morgan fingerprint density at radius 1 is 1.18 bits per heavy atom. The minimum atomic E-state index is 0.789. The zero-order valence-corrected chi connectivity index (χ0v) is 10.7. The van der Waals surface area contributed by atoms with Crippen LogP contribution in [0.4, 0.5) is 0 Å². The fraction of sp³-hybridized carbons (Fsp3) is 0.500. The Balaban J connectivity index is 2.45. The minimum absolute atomic E-state index is 0.789. The largest absolute Gasteiger partial charge is 0.493 e. The van der Waals surface area contributed by atoms with Crippen LogP contribution in [0.3, 0.4) is 0 Å². The van der Waals surface area contributed by atoms with Crippen molar-refractivity contribution in [1.29, 1.82) is 0 Å². The van der Waals surface area contributed by atoms with Crippen molar-refractivity contribution in [1.82, 2.24) is 0 Å². The lowest BCUT2D eigenvalue weighted by Gasteiger charge is -2.19. The van der Waals surface area contributed by atoms with Gasteiger partial charge in [0.2, 0.25) is 0 Å². The summed E-state index contributed by atoms with van der Waals surface area (Å²) in [5.41, 5.74) is 3.76. The van der Waals surface area contributed by atoms with E-state index >= 15 is 0 Å². The van der Waals surface area contributed by atoms with Gasteiger partial charge in [0.1, 0.15) is 0 Å². The smallest absolute Gasteiger partial charge is 0.161 e. The summed E-state index contributed by atoms with van der Waals surface area (Å²) < 4.78 is 10.7. The summed E-state index contributed by atoms with van der Waals surface area (Å²) in [6.45, 7) is 3.06. The average Bonchev–Trinajstić information content (AvgIpc) is 2.38. The normalized spacial score (nSPS) is 13.9. The maximum Gasteiger partial charge on any atom is 0.161 e. The van der Waals surface area contributed by atoms with Crippen molar-refractivity contribution in [3.63, 3.8) is 0 Å². The fourth-order valence-electron chi connectivity index (χ4n) is 2.24. The lowest BCUT2D eigenvalue weighted by Crippen LogP contribution is -2.13. The molecule has 17 heavy (non-hydrogen) atoms. The Hall–Kier alpha value is -1.51. The number of benzene rings is 1. The van der Waals surface area contributed by atoms with Crippen molar-refractivity contribution in [2.45, 2.75) is 26.2 Å². The van der Waals surface area contributed by atoms with E-state index in [0.29, 0.717) is 0 Å². The van der Waals surface area contributed by atoms with Crippen LogP contribution in [0.15, 0.2) is 17.1 Å². The van der Waals surface area contributed by atoms with Crippen molar-refractivity contribution in [2.24, 2.45) is 4.99 Å². The third kappa shape index (κ3) is 2.28. The van der Waals surface area contributed by atoms with Crippen LogP contribution in [0.5, 0.6) is 11.5 Å². The molecule has 1 aliphatic rings. The summed E-state index contributed by atoms with van der Waals surface area (Å²) in [5, 5.41) is 0. The van der Waals surface area contributed by atoms with Crippen LogP contribution in [0.2, 0.25) is 0 Å². The van der Waals surface area contributed by atoms with Gasteiger partial charge >= 0.3 is 0 Å². The van der Waals surface area contributed by atoms with E-state index in [4.69, 9.17) is 9.47 Å². The van der Waals surface area contributed by atoms with Crippen molar-refractivity contribution in [2.75, 3.05) is 20.8 Å². The molecule has 0 radical (unpaired) electrons. The van der Waals surface area contributed by atoms with Crippen LogP contribution in [0.25, 0.3) is 0 Å². The van der Waals surface area contributed by atoms with E-state index in [9.17, 15) is 0 Å². The zero-order valence-electron chi connectivity index (χ0n) is 10.7. The maximum absolute atomic E-state index is 5.35. The van der Waals surface area contributed by atoms with Crippen LogP contribution in [-0.2, 0) is 6.42 Å². The molecule has 0 spiro atoms. The van der Waals surface area contributed by atoms with E-state index < -0.39 is 0 Å². The lowest BCUT2D eigenvalue weighted by atomic mass is 9.94. The molecule has 3 nitrogen and oxygen atoms in total. The quantitative estimate of drug-likeness (QED) is 0.800. The van der Waals surface area contributed by atoms with Crippen LogP contribution in [0, 0.1) is 0 Å². The van der Waals surface area contributed by atoms with Crippen LogP contribution in [-0.4, -0.2) is 26.5 Å². The van der Waals surface area contributed by atoms with Gasteiger partial charge in [-0.1, -0.05) is 13.3 Å². The van der Waals surface area contributed by atoms with Gasteiger partial charge < -0.3 is 9.47 Å². The van der Waals surface area contributed by atoms with Gasteiger partial charge in [-0.25, -0.2) is 0 Å². The molecule has 3 heteroatoms. The summed E-state index contributed by atoms with van der Waals surface area (Å²) in [7, 11) is 3.35. The Morgan fingerprint density at radius 2 is 1.88 bits per heavy atom. The van der Waals surface area contributed by atoms with E-state index in [0.717, 1.165) is 37.3 Å². The standard InChI is InChI=1S/C14H19NO2/c1-4-5-12-11-9-14(17-3)13(16-2)8-10(11)6-7-15-12/h8-9H,4-7H2,1-3H3. The number of ether oxygens (including phenoxy) is 2.